The van der Waals surface area contributed by atoms with Crippen LogP contribution in [-0.4, -0.2) is 0 Å². The van der Waals surface area contributed by atoms with Gasteiger partial charge in [0.15, 0.2) is 0 Å². The van der Waals surface area contributed by atoms with Crippen molar-refractivity contribution >= 4 is 40.3 Å². The lowest BCUT2D eigenvalue weighted by molar-refractivity contribution is 0.591. The van der Waals surface area contributed by atoms with Crippen LogP contribution in [0.25, 0.3) is 0 Å². The van der Waals surface area contributed by atoms with Crippen molar-refractivity contribution in [3.63, 3.8) is 0 Å². The molecule has 0 aliphatic carbocycles. The molecule has 2 rings (SSSR count). The minimum atomic E-state index is -0.722. The number of nitrogen functional groups attached to an aromatic ring is 1. The molecule has 0 atom stereocenters. The molecule has 3 N–H and O–H groups in total. The molecule has 0 saturated heterocycles. The summed E-state index contributed by atoms with van der Waals surface area (Å²) in [6.45, 7) is 0. The molecule has 0 saturated carbocycles. The number of nitrogens with two attached hydrogens (primary N) is 1. The Kier molecular flexibility index (Phi) is 3.59. The highest BCUT2D eigenvalue weighted by Crippen LogP contribution is 2.33. The molecule has 18 heavy (non-hydrogen) atoms. The minimum Gasteiger partial charge on any atom is -0.397 e. The Hall–Kier alpha value is -1.52. The van der Waals surface area contributed by atoms with Crippen LogP contribution in [0, 0.1) is 11.6 Å². The molecule has 0 fully saturated rings. The molecule has 6 heteroatoms. The van der Waals surface area contributed by atoms with Crippen LogP contribution in [0.2, 0.25) is 10.0 Å². The summed E-state index contributed by atoms with van der Waals surface area (Å²) < 4.78 is 26.9. The number of benzene rings is 2. The van der Waals surface area contributed by atoms with Crippen LogP contribution in [0.4, 0.5) is 25.8 Å². The van der Waals surface area contributed by atoms with E-state index < -0.39 is 11.6 Å². The summed E-state index contributed by atoms with van der Waals surface area (Å²) in [5.41, 5.74) is 5.93. The zero-order chi connectivity index (χ0) is 13.3. The van der Waals surface area contributed by atoms with Crippen molar-refractivity contribution < 1.29 is 8.78 Å². The van der Waals surface area contributed by atoms with E-state index in [9.17, 15) is 8.78 Å². The summed E-state index contributed by atoms with van der Waals surface area (Å²) in [6, 6.07) is 6.36. The SMILES string of the molecule is Nc1cc(Cl)c(Cl)cc1Nc1c(F)cccc1F. The van der Waals surface area contributed by atoms with Crippen LogP contribution in [0.3, 0.4) is 0 Å². The molecule has 94 valence electrons. The molecule has 0 heterocycles. The number of hydrogen-bond acceptors (Lipinski definition) is 2. The lowest BCUT2D eigenvalue weighted by Crippen LogP contribution is -2.00. The van der Waals surface area contributed by atoms with Crippen LogP contribution < -0.4 is 11.1 Å². The lowest BCUT2D eigenvalue weighted by Gasteiger charge is -2.12. The first-order chi connectivity index (χ1) is 8.49. The number of halogens is 4. The molecule has 0 radical (unpaired) electrons. The van der Waals surface area contributed by atoms with E-state index in [0.717, 1.165) is 12.1 Å². The lowest BCUT2D eigenvalue weighted by atomic mass is 10.2. The average Bonchev–Trinajstić information content (AvgIpc) is 2.30. The van der Waals surface area contributed by atoms with Gasteiger partial charge in [0.05, 0.1) is 21.4 Å². The van der Waals surface area contributed by atoms with E-state index in [1.165, 1.54) is 18.2 Å². The van der Waals surface area contributed by atoms with Crippen molar-refractivity contribution in [2.24, 2.45) is 0 Å². The Morgan fingerprint density at radius 2 is 1.56 bits per heavy atom. The maximum atomic E-state index is 13.4. The number of para-hydroxylation sites is 1. The molecular weight excluding hydrogens is 281 g/mol. The van der Waals surface area contributed by atoms with E-state index in [1.807, 2.05) is 0 Å². The fraction of sp³-hybridized carbons (Fsp3) is 0. The topological polar surface area (TPSA) is 38.0 Å². The van der Waals surface area contributed by atoms with Crippen LogP contribution in [0.5, 0.6) is 0 Å². The first-order valence-corrected chi connectivity index (χ1v) is 5.70. The highest BCUT2D eigenvalue weighted by Gasteiger charge is 2.11. The van der Waals surface area contributed by atoms with Crippen molar-refractivity contribution in [3.8, 4) is 0 Å². The fourth-order valence-corrected chi connectivity index (χ4v) is 1.76. The van der Waals surface area contributed by atoms with E-state index in [1.54, 1.807) is 0 Å². The minimum absolute atomic E-state index is 0.241. The van der Waals surface area contributed by atoms with E-state index in [4.69, 9.17) is 28.9 Å². The number of hydrogen-bond donors (Lipinski definition) is 2. The highest BCUT2D eigenvalue weighted by atomic mass is 35.5. The van der Waals surface area contributed by atoms with Gasteiger partial charge in [-0.05, 0) is 24.3 Å². The van der Waals surface area contributed by atoms with Gasteiger partial charge < -0.3 is 11.1 Å². The van der Waals surface area contributed by atoms with Gasteiger partial charge in [-0.15, -0.1) is 0 Å². The fourth-order valence-electron chi connectivity index (χ4n) is 1.42. The van der Waals surface area contributed by atoms with Gasteiger partial charge in [0.2, 0.25) is 0 Å². The first-order valence-electron chi connectivity index (χ1n) is 4.94. The van der Waals surface area contributed by atoms with Gasteiger partial charge in [0, 0.05) is 0 Å². The van der Waals surface area contributed by atoms with Crippen LogP contribution >= 0.6 is 23.2 Å². The average molecular weight is 289 g/mol. The molecule has 0 amide bonds. The maximum absolute atomic E-state index is 13.4. The second kappa shape index (κ2) is 5.00. The first kappa shape index (κ1) is 12.9. The van der Waals surface area contributed by atoms with Crippen molar-refractivity contribution in [2.45, 2.75) is 0 Å². The Labute approximate surface area is 112 Å². The van der Waals surface area contributed by atoms with Gasteiger partial charge in [-0.1, -0.05) is 29.3 Å². The standard InChI is InChI=1S/C12H8Cl2F2N2/c13-6-4-10(17)11(5-7(6)14)18-12-8(15)2-1-3-9(12)16/h1-5,18H,17H2. The predicted octanol–water partition coefficient (Wildman–Crippen LogP) is 4.60. The van der Waals surface area contributed by atoms with Gasteiger partial charge in [-0.25, -0.2) is 8.78 Å². The molecule has 2 nitrogen and oxygen atoms in total. The monoisotopic (exact) mass is 288 g/mol. The van der Waals surface area contributed by atoms with Gasteiger partial charge in [0.1, 0.15) is 17.3 Å². The zero-order valence-electron chi connectivity index (χ0n) is 8.98. The Morgan fingerprint density at radius 1 is 1.00 bits per heavy atom. The molecular formula is C12H8Cl2F2N2. The Balaban J connectivity index is 2.43. The van der Waals surface area contributed by atoms with Crippen LogP contribution in [0.1, 0.15) is 0 Å². The third-order valence-corrected chi connectivity index (χ3v) is 3.04. The molecule has 2 aromatic rings. The normalized spacial score (nSPS) is 10.4. The second-order valence-corrected chi connectivity index (χ2v) is 4.39. The zero-order valence-corrected chi connectivity index (χ0v) is 10.5. The molecule has 2 aromatic carbocycles. The van der Waals surface area contributed by atoms with Gasteiger partial charge in [-0.3, -0.25) is 0 Å². The van der Waals surface area contributed by atoms with Gasteiger partial charge >= 0.3 is 0 Å². The third-order valence-electron chi connectivity index (χ3n) is 2.31. The summed E-state index contributed by atoms with van der Waals surface area (Å²) in [7, 11) is 0. The molecule has 0 bridgehead atoms. The van der Waals surface area contributed by atoms with Gasteiger partial charge in [0.25, 0.3) is 0 Å². The predicted molar refractivity (Wildman–Crippen MR) is 70.5 cm³/mol. The number of anilines is 3. The highest BCUT2D eigenvalue weighted by molar-refractivity contribution is 6.42. The molecule has 0 unspecified atom stereocenters. The molecule has 0 aliphatic heterocycles. The van der Waals surface area contributed by atoms with Crippen molar-refractivity contribution in [2.75, 3.05) is 11.1 Å². The Bertz CT molecular complexity index is 583. The summed E-state index contributed by atoms with van der Waals surface area (Å²) in [5, 5.41) is 3.07. The molecule has 0 spiro atoms. The van der Waals surface area contributed by atoms with Crippen molar-refractivity contribution in [1.29, 1.82) is 0 Å². The summed E-state index contributed by atoms with van der Waals surface area (Å²) in [6.07, 6.45) is 0. The van der Waals surface area contributed by atoms with E-state index in [2.05, 4.69) is 5.32 Å². The van der Waals surface area contributed by atoms with Crippen molar-refractivity contribution in [3.05, 3.63) is 52.0 Å². The van der Waals surface area contributed by atoms with Crippen LogP contribution in [-0.2, 0) is 0 Å². The van der Waals surface area contributed by atoms with Crippen molar-refractivity contribution in [1.82, 2.24) is 0 Å². The Morgan fingerprint density at radius 3 is 2.17 bits per heavy atom. The maximum Gasteiger partial charge on any atom is 0.149 e. The van der Waals surface area contributed by atoms with Gasteiger partial charge in [-0.2, -0.15) is 0 Å². The summed E-state index contributed by atoms with van der Waals surface area (Å²) in [5.74, 6) is -1.44. The second-order valence-electron chi connectivity index (χ2n) is 3.58. The van der Waals surface area contributed by atoms with Crippen LogP contribution in [0.15, 0.2) is 30.3 Å². The number of rotatable bonds is 2. The smallest absolute Gasteiger partial charge is 0.149 e. The number of nitrogens with one attached hydrogen (secondary N) is 1. The van der Waals surface area contributed by atoms with E-state index in [0.29, 0.717) is 0 Å². The summed E-state index contributed by atoms with van der Waals surface area (Å²) in [4.78, 5) is 0. The quantitative estimate of drug-likeness (QED) is 0.793. The summed E-state index contributed by atoms with van der Waals surface area (Å²) >= 11 is 11.6. The molecule has 0 aliphatic rings. The van der Waals surface area contributed by atoms with E-state index >= 15 is 0 Å². The largest absolute Gasteiger partial charge is 0.397 e. The van der Waals surface area contributed by atoms with E-state index in [-0.39, 0.29) is 27.1 Å². The molecule has 0 aromatic heterocycles. The third kappa shape index (κ3) is 2.49.